The molecule has 0 aromatic heterocycles. The first-order chi connectivity index (χ1) is 14.5. The highest BCUT2D eigenvalue weighted by atomic mass is 16.5. The van der Waals surface area contributed by atoms with Crippen LogP contribution in [0.3, 0.4) is 0 Å². The second-order valence-electron chi connectivity index (χ2n) is 7.35. The van der Waals surface area contributed by atoms with Crippen molar-refractivity contribution in [3.63, 3.8) is 0 Å². The van der Waals surface area contributed by atoms with Crippen LogP contribution < -0.4 is 10.2 Å². The van der Waals surface area contributed by atoms with Crippen LogP contribution in [0.4, 0.5) is 5.69 Å². The normalized spacial score (nSPS) is 11.7. The van der Waals surface area contributed by atoms with Gasteiger partial charge >= 0.3 is 5.97 Å². The molecule has 1 amide bonds. The highest BCUT2D eigenvalue weighted by Crippen LogP contribution is 2.19. The summed E-state index contributed by atoms with van der Waals surface area (Å²) in [5.74, 6) is -0.545. The van der Waals surface area contributed by atoms with E-state index >= 15 is 0 Å². The first kappa shape index (κ1) is 21.3. The molecule has 0 fully saturated rings. The van der Waals surface area contributed by atoms with Crippen molar-refractivity contribution in [3.05, 3.63) is 101 Å². The summed E-state index contributed by atoms with van der Waals surface area (Å²) in [7, 11) is 3.36. The summed E-state index contributed by atoms with van der Waals surface area (Å²) < 4.78 is 4.77. The summed E-state index contributed by atoms with van der Waals surface area (Å²) in [6.45, 7) is 2.17. The molecule has 30 heavy (non-hydrogen) atoms. The Morgan fingerprint density at radius 1 is 0.933 bits per heavy atom. The summed E-state index contributed by atoms with van der Waals surface area (Å²) in [6.07, 6.45) is 0. The van der Waals surface area contributed by atoms with E-state index in [1.807, 2.05) is 50.4 Å². The largest absolute Gasteiger partial charge is 0.465 e. The molecule has 2 N–H and O–H groups in total. The molecular weight excluding hydrogens is 376 g/mol. The molecule has 0 saturated heterocycles. The molecule has 154 valence electrons. The minimum atomic E-state index is -0.429. The first-order valence-corrected chi connectivity index (χ1v) is 9.90. The summed E-state index contributed by atoms with van der Waals surface area (Å²) in [6, 6.07) is 25.6. The van der Waals surface area contributed by atoms with E-state index in [9.17, 15) is 9.59 Å². The first-order valence-electron chi connectivity index (χ1n) is 9.90. The smallest absolute Gasteiger partial charge is 0.337 e. The number of aryl methyl sites for hydroxylation is 1. The molecule has 1 unspecified atom stereocenters. The molecule has 3 aromatic carbocycles. The van der Waals surface area contributed by atoms with Crippen molar-refractivity contribution < 1.29 is 19.2 Å². The zero-order valence-corrected chi connectivity index (χ0v) is 17.5. The van der Waals surface area contributed by atoms with Gasteiger partial charge in [0.2, 0.25) is 0 Å². The van der Waals surface area contributed by atoms with Gasteiger partial charge in [-0.25, -0.2) is 4.79 Å². The van der Waals surface area contributed by atoms with Crippen LogP contribution in [0.1, 0.15) is 33.1 Å². The van der Waals surface area contributed by atoms with Crippen LogP contribution in [0.2, 0.25) is 0 Å². The predicted octanol–water partition coefficient (Wildman–Crippen LogP) is 3.02. The molecule has 0 heterocycles. The zero-order chi connectivity index (χ0) is 21.5. The Bertz CT molecular complexity index is 964. The lowest BCUT2D eigenvalue weighted by atomic mass is 9.97. The van der Waals surface area contributed by atoms with Gasteiger partial charge in [0, 0.05) is 16.8 Å². The number of hydrogen-bond acceptors (Lipinski definition) is 3. The minimum Gasteiger partial charge on any atom is -0.465 e. The Hall–Kier alpha value is -3.44. The number of benzene rings is 3. The molecule has 0 radical (unpaired) electrons. The monoisotopic (exact) mass is 403 g/mol. The average molecular weight is 404 g/mol. The van der Waals surface area contributed by atoms with Gasteiger partial charge in [0.1, 0.15) is 6.04 Å². The van der Waals surface area contributed by atoms with Crippen molar-refractivity contribution >= 4 is 17.6 Å². The van der Waals surface area contributed by atoms with Crippen molar-refractivity contribution in [2.45, 2.75) is 13.0 Å². The van der Waals surface area contributed by atoms with Gasteiger partial charge < -0.3 is 15.0 Å². The third kappa shape index (κ3) is 5.13. The molecule has 5 nitrogen and oxygen atoms in total. The number of hydrogen-bond donors (Lipinski definition) is 2. The molecule has 5 heteroatoms. The Kier molecular flexibility index (Phi) is 6.99. The molecule has 0 aliphatic heterocycles. The lowest BCUT2D eigenvalue weighted by Gasteiger charge is -2.25. The van der Waals surface area contributed by atoms with E-state index in [1.54, 1.807) is 18.2 Å². The van der Waals surface area contributed by atoms with E-state index in [2.05, 4.69) is 29.6 Å². The third-order valence-corrected chi connectivity index (χ3v) is 5.13. The highest BCUT2D eigenvalue weighted by molar-refractivity contribution is 5.95. The zero-order valence-electron chi connectivity index (χ0n) is 17.5. The average Bonchev–Trinajstić information content (AvgIpc) is 2.76. The highest BCUT2D eigenvalue weighted by Gasteiger charge is 2.25. The summed E-state index contributed by atoms with van der Waals surface area (Å²) >= 11 is 0. The van der Waals surface area contributed by atoms with Crippen molar-refractivity contribution in [1.29, 1.82) is 0 Å². The van der Waals surface area contributed by atoms with Crippen molar-refractivity contribution in [1.82, 2.24) is 0 Å². The molecule has 0 aliphatic rings. The van der Waals surface area contributed by atoms with E-state index in [1.165, 1.54) is 7.11 Å². The van der Waals surface area contributed by atoms with Gasteiger partial charge in [0.25, 0.3) is 5.91 Å². The second kappa shape index (κ2) is 9.85. The molecule has 3 rings (SSSR count). The maximum absolute atomic E-state index is 12.8. The van der Waals surface area contributed by atoms with E-state index in [4.69, 9.17) is 4.74 Å². The number of nitrogens with one attached hydrogen (secondary N) is 2. The molecular formula is C25H27N2O3+. The lowest BCUT2D eigenvalue weighted by molar-refractivity contribution is -0.897. The summed E-state index contributed by atoms with van der Waals surface area (Å²) in [4.78, 5) is 25.7. The van der Waals surface area contributed by atoms with Crippen molar-refractivity contribution in [2.75, 3.05) is 26.0 Å². The summed E-state index contributed by atoms with van der Waals surface area (Å²) in [5, 5.41) is 2.95. The topological polar surface area (TPSA) is 59.8 Å². The number of quaternary nitrogens is 1. The fourth-order valence-electron chi connectivity index (χ4n) is 3.60. The van der Waals surface area contributed by atoms with Crippen LogP contribution in [0.25, 0.3) is 0 Å². The molecule has 0 aliphatic carbocycles. The second-order valence-corrected chi connectivity index (χ2v) is 7.35. The number of likely N-dealkylation sites (N-methyl/N-ethyl adjacent to an activating group) is 1. The number of carbonyl (C=O) groups excluding carboxylic acids is 2. The van der Waals surface area contributed by atoms with Gasteiger partial charge in [-0.15, -0.1) is 0 Å². The molecule has 0 saturated carbocycles. The minimum absolute atomic E-state index is 0.0284. The number of esters is 1. The van der Waals surface area contributed by atoms with Gasteiger partial charge in [-0.3, -0.25) is 4.79 Å². The number of methoxy groups -OCH3 is 1. The van der Waals surface area contributed by atoms with Crippen molar-refractivity contribution in [2.24, 2.45) is 0 Å². The van der Waals surface area contributed by atoms with Crippen LogP contribution in [-0.4, -0.2) is 32.6 Å². The van der Waals surface area contributed by atoms with E-state index in [0.29, 0.717) is 11.3 Å². The van der Waals surface area contributed by atoms with Crippen LogP contribution in [0, 0.1) is 6.92 Å². The molecule has 1 atom stereocenters. The third-order valence-electron chi connectivity index (χ3n) is 5.13. The molecule has 0 spiro atoms. The maximum Gasteiger partial charge on any atom is 0.337 e. The number of anilines is 1. The Morgan fingerprint density at radius 2 is 1.50 bits per heavy atom. The van der Waals surface area contributed by atoms with Gasteiger partial charge in [-0.05, 0) is 24.6 Å². The fraction of sp³-hybridized carbons (Fsp3) is 0.200. The van der Waals surface area contributed by atoms with Crippen LogP contribution >= 0.6 is 0 Å². The van der Waals surface area contributed by atoms with Crippen LogP contribution in [0.5, 0.6) is 0 Å². The van der Waals surface area contributed by atoms with Gasteiger partial charge in [-0.2, -0.15) is 0 Å². The van der Waals surface area contributed by atoms with Gasteiger partial charge in [0.15, 0.2) is 6.54 Å². The quantitative estimate of drug-likeness (QED) is 0.596. The number of carbonyl (C=O) groups is 2. The SMILES string of the molecule is COC(=O)c1ccc(C)c(NC(=O)C[NH+](C)C(c2ccccc2)c2ccccc2)c1. The number of rotatable bonds is 7. The van der Waals surface area contributed by atoms with Crippen molar-refractivity contribution in [3.8, 4) is 0 Å². The summed E-state index contributed by atoms with van der Waals surface area (Å²) in [5.41, 5.74) is 4.21. The molecule has 0 bridgehead atoms. The van der Waals surface area contributed by atoms with E-state index in [-0.39, 0.29) is 18.5 Å². The van der Waals surface area contributed by atoms with E-state index < -0.39 is 5.97 Å². The van der Waals surface area contributed by atoms with Gasteiger partial charge in [-0.1, -0.05) is 66.7 Å². The fourth-order valence-corrected chi connectivity index (χ4v) is 3.60. The number of ether oxygens (including phenoxy) is 1. The Morgan fingerprint density at radius 3 is 2.03 bits per heavy atom. The van der Waals surface area contributed by atoms with Crippen LogP contribution in [0.15, 0.2) is 78.9 Å². The lowest BCUT2D eigenvalue weighted by Crippen LogP contribution is -3.10. The Labute approximate surface area is 177 Å². The maximum atomic E-state index is 12.8. The van der Waals surface area contributed by atoms with Gasteiger partial charge in [0.05, 0.1) is 19.7 Å². The van der Waals surface area contributed by atoms with E-state index in [0.717, 1.165) is 21.6 Å². The standard InChI is InChI=1S/C25H26N2O3/c1-18-14-15-21(25(29)30-3)16-22(18)26-23(28)17-27(2)24(19-10-6-4-7-11-19)20-12-8-5-9-13-20/h4-16,24H,17H2,1-3H3,(H,26,28)/p+1. The predicted molar refractivity (Wildman–Crippen MR) is 118 cm³/mol. The number of amides is 1. The Balaban J connectivity index is 1.79. The molecule has 3 aromatic rings. The van der Waals surface area contributed by atoms with Crippen LogP contribution in [-0.2, 0) is 9.53 Å².